The quantitative estimate of drug-likeness (QED) is 0.399. The SMILES string of the molecule is Cc1ccc(C)c(/C(O)=C2\C(=O)C(=O)N(c3cccc(F)c3)C2c2cccnc2)c1. The van der Waals surface area contributed by atoms with Crippen molar-refractivity contribution < 1.29 is 19.1 Å². The molecule has 1 aliphatic rings. The monoisotopic (exact) mass is 402 g/mol. The molecule has 2 heterocycles. The second-order valence-electron chi connectivity index (χ2n) is 7.25. The maximum Gasteiger partial charge on any atom is 0.300 e. The van der Waals surface area contributed by atoms with Crippen LogP contribution in [0.2, 0.25) is 0 Å². The van der Waals surface area contributed by atoms with Crippen molar-refractivity contribution in [3.05, 3.63) is 101 Å². The number of hydrogen-bond acceptors (Lipinski definition) is 4. The Morgan fingerprint density at radius 2 is 1.87 bits per heavy atom. The molecule has 1 unspecified atom stereocenters. The summed E-state index contributed by atoms with van der Waals surface area (Å²) in [7, 11) is 0. The van der Waals surface area contributed by atoms with Gasteiger partial charge in [0.05, 0.1) is 11.6 Å². The molecule has 30 heavy (non-hydrogen) atoms. The predicted octanol–water partition coefficient (Wildman–Crippen LogP) is 4.46. The van der Waals surface area contributed by atoms with Gasteiger partial charge in [-0.2, -0.15) is 0 Å². The highest BCUT2D eigenvalue weighted by molar-refractivity contribution is 6.51. The number of benzene rings is 2. The molecule has 4 rings (SSSR count). The Morgan fingerprint density at radius 1 is 1.07 bits per heavy atom. The molecule has 0 saturated carbocycles. The van der Waals surface area contributed by atoms with Crippen LogP contribution in [0.4, 0.5) is 10.1 Å². The number of carbonyl (C=O) groups excluding carboxylic acids is 2. The smallest absolute Gasteiger partial charge is 0.300 e. The van der Waals surface area contributed by atoms with Crippen LogP contribution >= 0.6 is 0 Å². The topological polar surface area (TPSA) is 70.5 Å². The molecule has 1 aliphatic heterocycles. The summed E-state index contributed by atoms with van der Waals surface area (Å²) in [4.78, 5) is 31.3. The summed E-state index contributed by atoms with van der Waals surface area (Å²) in [5.41, 5.74) is 2.85. The molecule has 1 aromatic heterocycles. The Morgan fingerprint density at radius 3 is 2.57 bits per heavy atom. The molecule has 0 radical (unpaired) electrons. The van der Waals surface area contributed by atoms with Crippen LogP contribution in [0.1, 0.15) is 28.3 Å². The highest BCUT2D eigenvalue weighted by atomic mass is 19.1. The molecular weight excluding hydrogens is 383 g/mol. The average molecular weight is 402 g/mol. The van der Waals surface area contributed by atoms with Crippen LogP contribution in [-0.4, -0.2) is 21.8 Å². The van der Waals surface area contributed by atoms with Crippen molar-refractivity contribution in [2.45, 2.75) is 19.9 Å². The fourth-order valence-electron chi connectivity index (χ4n) is 3.71. The van der Waals surface area contributed by atoms with Gasteiger partial charge < -0.3 is 5.11 Å². The summed E-state index contributed by atoms with van der Waals surface area (Å²) in [5, 5.41) is 11.2. The molecule has 1 amide bonds. The Kier molecular flexibility index (Phi) is 4.91. The minimum Gasteiger partial charge on any atom is -0.507 e. The number of rotatable bonds is 3. The zero-order valence-corrected chi connectivity index (χ0v) is 16.5. The van der Waals surface area contributed by atoms with Crippen molar-refractivity contribution in [1.82, 2.24) is 4.98 Å². The van der Waals surface area contributed by atoms with E-state index >= 15 is 0 Å². The molecule has 3 aromatic rings. The fraction of sp³-hybridized carbons (Fsp3) is 0.125. The minimum absolute atomic E-state index is 0.0500. The molecule has 6 heteroatoms. The second kappa shape index (κ2) is 7.55. The number of nitrogens with zero attached hydrogens (tertiary/aromatic N) is 2. The lowest BCUT2D eigenvalue weighted by Crippen LogP contribution is -2.29. The number of aliphatic hydroxyl groups excluding tert-OH is 1. The van der Waals surface area contributed by atoms with Crippen LogP contribution in [0, 0.1) is 19.7 Å². The minimum atomic E-state index is -0.930. The van der Waals surface area contributed by atoms with Crippen LogP contribution in [0.15, 0.2) is 72.6 Å². The third-order valence-electron chi connectivity index (χ3n) is 5.18. The highest BCUT2D eigenvalue weighted by Crippen LogP contribution is 2.42. The molecule has 1 atom stereocenters. The number of amides is 1. The van der Waals surface area contributed by atoms with E-state index in [4.69, 9.17) is 0 Å². The summed E-state index contributed by atoms with van der Waals surface area (Å²) in [5.74, 6) is -2.45. The van der Waals surface area contributed by atoms with Crippen molar-refractivity contribution in [1.29, 1.82) is 0 Å². The number of Topliss-reactive ketones (excluding diaryl/α,β-unsaturated/α-hetero) is 1. The van der Waals surface area contributed by atoms with Crippen LogP contribution in [0.3, 0.4) is 0 Å². The average Bonchev–Trinajstić information content (AvgIpc) is 3.01. The first-order valence-corrected chi connectivity index (χ1v) is 9.42. The number of halogens is 1. The lowest BCUT2D eigenvalue weighted by atomic mass is 9.94. The van der Waals surface area contributed by atoms with Crippen LogP contribution in [0.5, 0.6) is 0 Å². The lowest BCUT2D eigenvalue weighted by Gasteiger charge is -2.25. The van der Waals surface area contributed by atoms with E-state index in [-0.39, 0.29) is 17.0 Å². The maximum absolute atomic E-state index is 13.9. The summed E-state index contributed by atoms with van der Waals surface area (Å²) in [6.45, 7) is 3.69. The first kappa shape index (κ1) is 19.5. The molecular formula is C24H19FN2O3. The highest BCUT2D eigenvalue weighted by Gasteiger charge is 2.47. The van der Waals surface area contributed by atoms with Gasteiger partial charge in [-0.3, -0.25) is 19.5 Å². The molecule has 1 N–H and O–H groups in total. The summed E-state index contributed by atoms with van der Waals surface area (Å²) in [6.07, 6.45) is 3.10. The zero-order valence-electron chi connectivity index (χ0n) is 16.5. The third-order valence-corrected chi connectivity index (χ3v) is 5.18. The number of pyridine rings is 1. The number of aromatic nitrogens is 1. The van der Waals surface area contributed by atoms with Gasteiger partial charge in [-0.1, -0.05) is 29.8 Å². The van der Waals surface area contributed by atoms with E-state index in [2.05, 4.69) is 4.98 Å². The normalized spacial score (nSPS) is 18.1. The van der Waals surface area contributed by atoms with Gasteiger partial charge in [0.1, 0.15) is 11.6 Å². The van der Waals surface area contributed by atoms with Crippen molar-refractivity contribution >= 4 is 23.1 Å². The summed E-state index contributed by atoms with van der Waals surface area (Å²) >= 11 is 0. The number of carbonyl (C=O) groups is 2. The van der Waals surface area contributed by atoms with Crippen molar-refractivity contribution in [3.63, 3.8) is 0 Å². The Balaban J connectivity index is 1.98. The van der Waals surface area contributed by atoms with E-state index in [0.29, 0.717) is 11.1 Å². The number of aryl methyl sites for hydroxylation is 2. The standard InChI is InChI=1S/C24H19FN2O3/c1-14-8-9-15(2)19(11-14)22(28)20-21(16-5-4-10-26-13-16)27(24(30)23(20)29)18-7-3-6-17(25)12-18/h3-13,21,28H,1-2H3/b22-20+. The second-order valence-corrected chi connectivity index (χ2v) is 7.25. The first-order valence-electron chi connectivity index (χ1n) is 9.42. The predicted molar refractivity (Wildman–Crippen MR) is 111 cm³/mol. The van der Waals surface area contributed by atoms with E-state index < -0.39 is 23.5 Å². The number of aliphatic hydroxyl groups is 1. The molecule has 5 nitrogen and oxygen atoms in total. The fourth-order valence-corrected chi connectivity index (χ4v) is 3.71. The Hall–Kier alpha value is -3.80. The lowest BCUT2D eigenvalue weighted by molar-refractivity contribution is -0.132. The van der Waals surface area contributed by atoms with E-state index in [1.54, 1.807) is 30.5 Å². The Labute approximate surface area is 173 Å². The largest absolute Gasteiger partial charge is 0.507 e. The van der Waals surface area contributed by atoms with Gasteiger partial charge in [0.2, 0.25) is 0 Å². The zero-order chi connectivity index (χ0) is 21.4. The van der Waals surface area contributed by atoms with Gasteiger partial charge in [-0.25, -0.2) is 4.39 Å². The van der Waals surface area contributed by atoms with Crippen molar-refractivity contribution in [2.75, 3.05) is 4.90 Å². The van der Waals surface area contributed by atoms with E-state index in [1.807, 2.05) is 26.0 Å². The van der Waals surface area contributed by atoms with Crippen LogP contribution in [0.25, 0.3) is 5.76 Å². The first-order chi connectivity index (χ1) is 14.4. The molecule has 0 spiro atoms. The van der Waals surface area contributed by atoms with E-state index in [1.165, 1.54) is 29.3 Å². The molecule has 2 aromatic carbocycles. The van der Waals surface area contributed by atoms with Crippen molar-refractivity contribution in [3.8, 4) is 0 Å². The molecule has 1 fully saturated rings. The van der Waals surface area contributed by atoms with Gasteiger partial charge in [0, 0.05) is 23.6 Å². The number of anilines is 1. The Bertz CT molecular complexity index is 1190. The van der Waals surface area contributed by atoms with E-state index in [0.717, 1.165) is 11.1 Å². The van der Waals surface area contributed by atoms with Gasteiger partial charge in [0.15, 0.2) is 0 Å². The third kappa shape index (κ3) is 3.26. The summed E-state index contributed by atoms with van der Waals surface area (Å²) in [6, 6.07) is 13.4. The van der Waals surface area contributed by atoms with Gasteiger partial charge in [0.25, 0.3) is 11.7 Å². The molecule has 0 bridgehead atoms. The number of hydrogen-bond donors (Lipinski definition) is 1. The maximum atomic E-state index is 13.9. The number of ketones is 1. The van der Waals surface area contributed by atoms with Gasteiger partial charge in [-0.15, -0.1) is 0 Å². The molecule has 150 valence electrons. The van der Waals surface area contributed by atoms with Gasteiger partial charge in [-0.05, 0) is 55.3 Å². The van der Waals surface area contributed by atoms with Crippen LogP contribution in [-0.2, 0) is 9.59 Å². The molecule has 1 saturated heterocycles. The summed E-state index contributed by atoms with van der Waals surface area (Å²) < 4.78 is 13.9. The van der Waals surface area contributed by atoms with Crippen LogP contribution < -0.4 is 4.90 Å². The van der Waals surface area contributed by atoms with Crippen molar-refractivity contribution in [2.24, 2.45) is 0 Å². The van der Waals surface area contributed by atoms with E-state index in [9.17, 15) is 19.1 Å². The van der Waals surface area contributed by atoms with Gasteiger partial charge >= 0.3 is 0 Å². The molecule has 0 aliphatic carbocycles.